The van der Waals surface area contributed by atoms with Gasteiger partial charge in [-0.3, -0.25) is 19.7 Å². The Morgan fingerprint density at radius 1 is 0.964 bits per heavy atom. The quantitative estimate of drug-likeness (QED) is 0.377. The fraction of sp³-hybridized carbons (Fsp3) is 0.143. The molecule has 3 aromatic carbocycles. The van der Waals surface area contributed by atoms with Crippen LogP contribution >= 0.6 is 0 Å². The minimum atomic E-state index is -0.542. The van der Waals surface area contributed by atoms with Gasteiger partial charge in [-0.05, 0) is 17.0 Å². The molecule has 1 N–H and O–H groups in total. The number of hydrogen-bond acceptors (Lipinski definition) is 5. The van der Waals surface area contributed by atoms with Crippen LogP contribution in [0.15, 0.2) is 66.7 Å². The lowest BCUT2D eigenvalue weighted by Crippen LogP contribution is -2.14. The number of hydrogen-bond donors (Lipinski definition) is 1. The molecule has 142 valence electrons. The summed E-state index contributed by atoms with van der Waals surface area (Å²) in [6.07, 6.45) is -0.0947. The van der Waals surface area contributed by atoms with Gasteiger partial charge in [-0.15, -0.1) is 0 Å². The molecule has 3 aromatic rings. The zero-order valence-electron chi connectivity index (χ0n) is 15.0. The highest BCUT2D eigenvalue weighted by Crippen LogP contribution is 2.23. The summed E-state index contributed by atoms with van der Waals surface area (Å²) in [4.78, 5) is 34.3. The molecule has 7 heteroatoms. The van der Waals surface area contributed by atoms with Gasteiger partial charge in [0.25, 0.3) is 5.69 Å². The van der Waals surface area contributed by atoms with Crippen LogP contribution in [0.25, 0.3) is 10.8 Å². The number of amides is 1. The molecule has 0 bridgehead atoms. The summed E-state index contributed by atoms with van der Waals surface area (Å²) in [7, 11) is 0. The largest absolute Gasteiger partial charge is 0.461 e. The zero-order chi connectivity index (χ0) is 19.9. The molecule has 7 nitrogen and oxygen atoms in total. The first-order chi connectivity index (χ1) is 13.5. The van der Waals surface area contributed by atoms with Gasteiger partial charge in [0.2, 0.25) is 5.91 Å². The van der Waals surface area contributed by atoms with Gasteiger partial charge in [-0.2, -0.15) is 0 Å². The van der Waals surface area contributed by atoms with E-state index in [0.717, 1.165) is 10.8 Å². The lowest BCUT2D eigenvalue weighted by Gasteiger charge is -2.09. The Kier molecular flexibility index (Phi) is 5.96. The summed E-state index contributed by atoms with van der Waals surface area (Å²) in [5.74, 6) is -0.830. The molecule has 28 heavy (non-hydrogen) atoms. The van der Waals surface area contributed by atoms with Crippen LogP contribution in [0.2, 0.25) is 0 Å². The topological polar surface area (TPSA) is 98.5 Å². The number of nitro groups is 1. The molecular weight excluding hydrogens is 360 g/mol. The maximum atomic E-state index is 12.2. The monoisotopic (exact) mass is 378 g/mol. The van der Waals surface area contributed by atoms with Crippen LogP contribution in [0, 0.1) is 10.1 Å². The number of nitrogens with one attached hydrogen (secondary N) is 1. The van der Waals surface area contributed by atoms with Gasteiger partial charge in [0.15, 0.2) is 0 Å². The van der Waals surface area contributed by atoms with Crippen molar-refractivity contribution in [1.82, 2.24) is 0 Å². The SMILES string of the molecule is O=C(CCC(=O)OCc1cccc([N+](=O)[O-])c1)Nc1cccc2ccccc12. The molecule has 0 saturated heterocycles. The molecule has 0 aliphatic heterocycles. The molecule has 0 unspecified atom stereocenters. The fourth-order valence-corrected chi connectivity index (χ4v) is 2.76. The van der Waals surface area contributed by atoms with Crippen LogP contribution in [0.4, 0.5) is 11.4 Å². The lowest BCUT2D eigenvalue weighted by atomic mass is 10.1. The number of esters is 1. The maximum Gasteiger partial charge on any atom is 0.306 e. The number of carbonyl (C=O) groups is 2. The van der Waals surface area contributed by atoms with E-state index in [1.165, 1.54) is 18.2 Å². The first-order valence-corrected chi connectivity index (χ1v) is 8.69. The molecule has 0 aromatic heterocycles. The lowest BCUT2D eigenvalue weighted by molar-refractivity contribution is -0.384. The number of rotatable bonds is 7. The summed E-state index contributed by atoms with van der Waals surface area (Å²) in [5.41, 5.74) is 1.14. The van der Waals surface area contributed by atoms with Crippen molar-refractivity contribution >= 4 is 34.0 Å². The number of nitrogens with zero attached hydrogens (tertiary/aromatic N) is 1. The highest BCUT2D eigenvalue weighted by atomic mass is 16.6. The van der Waals surface area contributed by atoms with Crippen LogP contribution in [0.5, 0.6) is 0 Å². The second kappa shape index (κ2) is 8.77. The number of fused-ring (bicyclic) bond motifs is 1. The Bertz CT molecular complexity index is 1030. The van der Waals surface area contributed by atoms with Gasteiger partial charge >= 0.3 is 5.97 Å². The Morgan fingerprint density at radius 2 is 1.71 bits per heavy atom. The van der Waals surface area contributed by atoms with E-state index in [-0.39, 0.29) is 31.0 Å². The molecule has 0 aliphatic rings. The van der Waals surface area contributed by atoms with Crippen LogP contribution < -0.4 is 5.32 Å². The predicted molar refractivity (Wildman–Crippen MR) is 105 cm³/mol. The van der Waals surface area contributed by atoms with Crippen molar-refractivity contribution in [3.8, 4) is 0 Å². The van der Waals surface area contributed by atoms with E-state index < -0.39 is 10.9 Å². The Hall–Kier alpha value is -3.74. The normalized spacial score (nSPS) is 10.4. The minimum Gasteiger partial charge on any atom is -0.461 e. The molecule has 0 atom stereocenters. The molecule has 0 spiro atoms. The van der Waals surface area contributed by atoms with Crippen LogP contribution in [0.3, 0.4) is 0 Å². The van der Waals surface area contributed by atoms with Gasteiger partial charge in [-0.25, -0.2) is 0 Å². The van der Waals surface area contributed by atoms with Crippen LogP contribution in [-0.2, 0) is 20.9 Å². The summed E-state index contributed by atoms with van der Waals surface area (Å²) < 4.78 is 5.09. The van der Waals surface area contributed by atoms with Gasteiger partial charge in [-0.1, -0.05) is 48.5 Å². The van der Waals surface area contributed by atoms with Crippen molar-refractivity contribution in [2.24, 2.45) is 0 Å². The van der Waals surface area contributed by atoms with Crippen LogP contribution in [0.1, 0.15) is 18.4 Å². The minimum absolute atomic E-state index is 0.0169. The molecule has 0 aliphatic carbocycles. The van der Waals surface area contributed by atoms with Crippen LogP contribution in [-0.4, -0.2) is 16.8 Å². The van der Waals surface area contributed by atoms with Gasteiger partial charge < -0.3 is 10.1 Å². The van der Waals surface area contributed by atoms with Gasteiger partial charge in [0, 0.05) is 29.6 Å². The molecular formula is C21H18N2O5. The molecule has 1 amide bonds. The number of ether oxygens (including phenoxy) is 1. The van der Waals surface area contributed by atoms with E-state index in [4.69, 9.17) is 4.74 Å². The summed E-state index contributed by atoms with van der Waals surface area (Å²) in [5, 5.41) is 15.5. The Balaban J connectivity index is 1.50. The third-order valence-corrected chi connectivity index (χ3v) is 4.14. The standard InChI is InChI=1S/C21H18N2O5/c24-20(22-19-10-4-7-16-6-1-2-9-18(16)19)11-12-21(25)28-14-15-5-3-8-17(13-15)23(26)27/h1-10,13H,11-12,14H2,(H,22,24). The first-order valence-electron chi connectivity index (χ1n) is 8.69. The van der Waals surface area contributed by atoms with E-state index in [2.05, 4.69) is 5.32 Å². The molecule has 0 heterocycles. The third-order valence-electron chi connectivity index (χ3n) is 4.14. The number of carbonyl (C=O) groups excluding carboxylic acids is 2. The van der Waals surface area contributed by atoms with Gasteiger partial charge in [0.1, 0.15) is 6.61 Å². The Labute approximate surface area is 161 Å². The van der Waals surface area contributed by atoms with Crippen molar-refractivity contribution in [2.75, 3.05) is 5.32 Å². The van der Waals surface area contributed by atoms with E-state index in [9.17, 15) is 19.7 Å². The van der Waals surface area contributed by atoms with Gasteiger partial charge in [0.05, 0.1) is 11.3 Å². The fourth-order valence-electron chi connectivity index (χ4n) is 2.76. The molecule has 0 radical (unpaired) electrons. The van der Waals surface area contributed by atoms with Crippen molar-refractivity contribution in [1.29, 1.82) is 0 Å². The number of anilines is 1. The summed E-state index contributed by atoms with van der Waals surface area (Å²) in [6, 6.07) is 19.2. The smallest absolute Gasteiger partial charge is 0.306 e. The van der Waals surface area contributed by atoms with Crippen molar-refractivity contribution in [2.45, 2.75) is 19.4 Å². The van der Waals surface area contributed by atoms with E-state index in [0.29, 0.717) is 11.3 Å². The summed E-state index contributed by atoms with van der Waals surface area (Å²) >= 11 is 0. The maximum absolute atomic E-state index is 12.2. The average Bonchev–Trinajstić information content (AvgIpc) is 2.71. The van der Waals surface area contributed by atoms with E-state index in [1.54, 1.807) is 12.1 Å². The Morgan fingerprint density at radius 3 is 2.54 bits per heavy atom. The van der Waals surface area contributed by atoms with E-state index in [1.807, 2.05) is 36.4 Å². The van der Waals surface area contributed by atoms with E-state index >= 15 is 0 Å². The first kappa shape index (κ1) is 19.0. The molecule has 0 saturated carbocycles. The second-order valence-electron chi connectivity index (χ2n) is 6.16. The highest BCUT2D eigenvalue weighted by molar-refractivity contribution is 6.02. The second-order valence-corrected chi connectivity index (χ2v) is 6.16. The predicted octanol–water partition coefficient (Wildman–Crippen LogP) is 4.21. The van der Waals surface area contributed by atoms with Crippen molar-refractivity contribution < 1.29 is 19.2 Å². The number of benzene rings is 3. The number of non-ortho nitro benzene ring substituents is 1. The van der Waals surface area contributed by atoms with Crippen molar-refractivity contribution in [3.05, 3.63) is 82.4 Å². The van der Waals surface area contributed by atoms with Crippen molar-refractivity contribution in [3.63, 3.8) is 0 Å². The third kappa shape index (κ3) is 4.91. The highest BCUT2D eigenvalue weighted by Gasteiger charge is 2.11. The molecule has 0 fully saturated rings. The number of nitro benzene ring substituents is 1. The zero-order valence-corrected chi connectivity index (χ0v) is 15.0. The summed E-state index contributed by atoms with van der Waals surface area (Å²) in [6.45, 7) is -0.0779. The molecule has 3 rings (SSSR count). The average molecular weight is 378 g/mol.